The van der Waals surface area contributed by atoms with E-state index in [0.717, 1.165) is 44.5 Å². The van der Waals surface area contributed by atoms with Gasteiger partial charge in [-0.05, 0) is 55.5 Å². The molecule has 0 saturated heterocycles. The monoisotopic (exact) mass is 357 g/mol. The van der Waals surface area contributed by atoms with Crippen molar-refractivity contribution in [3.05, 3.63) is 71.3 Å². The number of aryl methyl sites for hydroxylation is 1. The fourth-order valence-electron chi connectivity index (χ4n) is 3.68. The number of benzene rings is 2. The van der Waals surface area contributed by atoms with Crippen LogP contribution in [-0.2, 0) is 12.8 Å². The van der Waals surface area contributed by atoms with E-state index >= 15 is 0 Å². The van der Waals surface area contributed by atoms with Gasteiger partial charge in [-0.3, -0.25) is 0 Å². The summed E-state index contributed by atoms with van der Waals surface area (Å²) in [5.41, 5.74) is 3.60. The lowest BCUT2D eigenvalue weighted by Gasteiger charge is -2.34. The third-order valence-electron chi connectivity index (χ3n) is 5.56. The summed E-state index contributed by atoms with van der Waals surface area (Å²) in [5.74, 6) is -0.243. The van der Waals surface area contributed by atoms with E-state index < -0.39 is 12.3 Å². The predicted molar refractivity (Wildman–Crippen MR) is 104 cm³/mol. The van der Waals surface area contributed by atoms with Gasteiger partial charge in [-0.1, -0.05) is 61.5 Å². The van der Waals surface area contributed by atoms with Gasteiger partial charge in [0, 0.05) is 12.5 Å². The zero-order valence-corrected chi connectivity index (χ0v) is 15.6. The van der Waals surface area contributed by atoms with Crippen LogP contribution in [-0.4, -0.2) is 36.9 Å². The molecule has 0 aromatic heterocycles. The third kappa shape index (κ3) is 4.91. The third-order valence-corrected chi connectivity index (χ3v) is 5.56. The Balaban J connectivity index is 1.40. The van der Waals surface area contributed by atoms with Crippen molar-refractivity contribution in [2.75, 3.05) is 19.6 Å². The summed E-state index contributed by atoms with van der Waals surface area (Å²) < 4.78 is 26.5. The second-order valence-electron chi connectivity index (χ2n) is 7.32. The summed E-state index contributed by atoms with van der Waals surface area (Å²) in [5, 5.41) is 0. The maximum atomic E-state index is 13.5. The largest absolute Gasteiger partial charge is 0.303 e. The van der Waals surface area contributed by atoms with Crippen LogP contribution < -0.4 is 0 Å². The Morgan fingerprint density at radius 3 is 2.19 bits per heavy atom. The maximum absolute atomic E-state index is 13.5. The van der Waals surface area contributed by atoms with Crippen LogP contribution >= 0.6 is 0 Å². The Labute approximate surface area is 156 Å². The molecule has 1 aliphatic carbocycles. The van der Waals surface area contributed by atoms with E-state index in [1.54, 1.807) is 0 Å². The number of alkyl halides is 2. The molecule has 0 heterocycles. The highest BCUT2D eigenvalue weighted by Gasteiger charge is 2.42. The van der Waals surface area contributed by atoms with Crippen molar-refractivity contribution in [3.8, 4) is 0 Å². The van der Waals surface area contributed by atoms with Crippen LogP contribution in [0.3, 0.4) is 0 Å². The zero-order valence-electron chi connectivity index (χ0n) is 15.6. The van der Waals surface area contributed by atoms with Gasteiger partial charge in [-0.2, -0.15) is 0 Å². The molecule has 3 atom stereocenters. The van der Waals surface area contributed by atoms with Crippen molar-refractivity contribution in [2.45, 2.75) is 50.9 Å². The van der Waals surface area contributed by atoms with Crippen molar-refractivity contribution in [2.24, 2.45) is 0 Å². The number of halogens is 2. The topological polar surface area (TPSA) is 3.24 Å². The van der Waals surface area contributed by atoms with E-state index in [2.05, 4.69) is 54.3 Å². The van der Waals surface area contributed by atoms with E-state index in [1.807, 2.05) is 12.1 Å². The molecule has 0 radical (unpaired) electrons. The van der Waals surface area contributed by atoms with Crippen LogP contribution in [0.25, 0.3) is 0 Å². The summed E-state index contributed by atoms with van der Waals surface area (Å²) in [6, 6.07) is 18.7. The van der Waals surface area contributed by atoms with Gasteiger partial charge in [0.25, 0.3) is 0 Å². The quantitative estimate of drug-likeness (QED) is 0.585. The first-order valence-electron chi connectivity index (χ1n) is 9.80. The summed E-state index contributed by atoms with van der Waals surface area (Å²) >= 11 is 0. The minimum absolute atomic E-state index is 0.243. The second-order valence-corrected chi connectivity index (χ2v) is 7.32. The van der Waals surface area contributed by atoms with Crippen molar-refractivity contribution in [1.82, 2.24) is 4.90 Å². The molecule has 1 fully saturated rings. The Morgan fingerprint density at radius 2 is 1.58 bits per heavy atom. The van der Waals surface area contributed by atoms with Crippen molar-refractivity contribution < 1.29 is 8.78 Å². The van der Waals surface area contributed by atoms with Gasteiger partial charge in [-0.25, -0.2) is 8.78 Å². The predicted octanol–water partition coefficient (Wildman–Crippen LogP) is 5.35. The van der Waals surface area contributed by atoms with Crippen LogP contribution in [0.15, 0.2) is 54.6 Å². The molecule has 140 valence electrons. The maximum Gasteiger partial charge on any atom is 0.138 e. The van der Waals surface area contributed by atoms with Gasteiger partial charge in [0.1, 0.15) is 12.3 Å². The molecule has 1 saturated carbocycles. The average molecular weight is 357 g/mol. The Bertz CT molecular complexity index is 656. The zero-order chi connectivity index (χ0) is 18.4. The minimum atomic E-state index is -1.32. The van der Waals surface area contributed by atoms with Crippen LogP contribution in [0, 0.1) is 0 Å². The fourth-order valence-corrected chi connectivity index (χ4v) is 3.68. The highest BCUT2D eigenvalue weighted by molar-refractivity contribution is 5.29. The van der Waals surface area contributed by atoms with Crippen LogP contribution in [0.4, 0.5) is 8.78 Å². The lowest BCUT2D eigenvalue weighted by Crippen LogP contribution is -2.38. The molecule has 1 aliphatic rings. The SMILES string of the molecule is CCN(CCCc1ccc(C2CC(F)C2F)cc1)CCc1ccccc1. The number of hydrogen-bond donors (Lipinski definition) is 0. The van der Waals surface area contributed by atoms with E-state index in [4.69, 9.17) is 0 Å². The van der Waals surface area contributed by atoms with E-state index in [-0.39, 0.29) is 5.92 Å². The number of nitrogens with zero attached hydrogens (tertiary/aromatic N) is 1. The lowest BCUT2D eigenvalue weighted by molar-refractivity contribution is 0.0428. The fraction of sp³-hybridized carbons (Fsp3) is 0.478. The molecule has 2 aromatic carbocycles. The molecule has 0 aliphatic heterocycles. The molecule has 3 unspecified atom stereocenters. The Kier molecular flexibility index (Phi) is 6.79. The average Bonchev–Trinajstić information content (AvgIpc) is 2.69. The van der Waals surface area contributed by atoms with Crippen molar-refractivity contribution in [1.29, 1.82) is 0 Å². The van der Waals surface area contributed by atoms with Gasteiger partial charge >= 0.3 is 0 Å². The molecule has 3 heteroatoms. The number of rotatable bonds is 9. The molecule has 1 nitrogen and oxygen atoms in total. The van der Waals surface area contributed by atoms with Crippen molar-refractivity contribution >= 4 is 0 Å². The minimum Gasteiger partial charge on any atom is -0.303 e. The highest BCUT2D eigenvalue weighted by Crippen LogP contribution is 2.41. The molecular formula is C23H29F2N. The van der Waals surface area contributed by atoms with E-state index in [0.29, 0.717) is 6.42 Å². The highest BCUT2D eigenvalue weighted by atomic mass is 19.2. The normalized spacial score (nSPS) is 22.4. The first-order valence-corrected chi connectivity index (χ1v) is 9.80. The Hall–Kier alpha value is -1.74. The molecular weight excluding hydrogens is 328 g/mol. The second kappa shape index (κ2) is 9.27. The summed E-state index contributed by atoms with van der Waals surface area (Å²) in [7, 11) is 0. The van der Waals surface area contributed by atoms with Crippen LogP contribution in [0.2, 0.25) is 0 Å². The molecule has 2 aromatic rings. The lowest BCUT2D eigenvalue weighted by atomic mass is 9.76. The molecule has 26 heavy (non-hydrogen) atoms. The van der Waals surface area contributed by atoms with Gasteiger partial charge in [-0.15, -0.1) is 0 Å². The first-order chi connectivity index (χ1) is 12.7. The van der Waals surface area contributed by atoms with Gasteiger partial charge in [0.15, 0.2) is 0 Å². The summed E-state index contributed by atoms with van der Waals surface area (Å²) in [6.45, 7) is 5.45. The molecule has 0 N–H and O–H groups in total. The summed E-state index contributed by atoms with van der Waals surface area (Å²) in [4.78, 5) is 2.49. The van der Waals surface area contributed by atoms with Gasteiger partial charge in [0.05, 0.1) is 0 Å². The number of likely N-dealkylation sites (N-methyl/N-ethyl adjacent to an activating group) is 1. The first kappa shape index (κ1) is 19.0. The number of hydrogen-bond acceptors (Lipinski definition) is 1. The van der Waals surface area contributed by atoms with Crippen molar-refractivity contribution in [3.63, 3.8) is 0 Å². The van der Waals surface area contributed by atoms with Crippen LogP contribution in [0.5, 0.6) is 0 Å². The summed E-state index contributed by atoms with van der Waals surface area (Å²) in [6.07, 6.45) is 0.971. The van der Waals surface area contributed by atoms with E-state index in [1.165, 1.54) is 11.1 Å². The molecule has 0 amide bonds. The molecule has 0 spiro atoms. The Morgan fingerprint density at radius 1 is 0.885 bits per heavy atom. The standard InChI is InChI=1S/C23H29F2N/c1-2-26(16-14-18-7-4-3-5-8-18)15-6-9-19-10-12-20(13-11-19)21-17-22(24)23(21)25/h3-5,7-8,10-13,21-23H,2,6,9,14-17H2,1H3. The van der Waals surface area contributed by atoms with Gasteiger partial charge in [0.2, 0.25) is 0 Å². The van der Waals surface area contributed by atoms with Crippen LogP contribution in [0.1, 0.15) is 42.4 Å². The smallest absolute Gasteiger partial charge is 0.138 e. The molecule has 3 rings (SSSR count). The van der Waals surface area contributed by atoms with E-state index in [9.17, 15) is 8.78 Å². The van der Waals surface area contributed by atoms with Gasteiger partial charge < -0.3 is 4.90 Å². The molecule has 0 bridgehead atoms.